The average molecular weight is 364 g/mol. The third-order valence-corrected chi connectivity index (χ3v) is 4.52. The van der Waals surface area contributed by atoms with Crippen molar-refractivity contribution in [3.05, 3.63) is 59.7 Å². The highest BCUT2D eigenvalue weighted by atomic mass is 35.7. The SMILES string of the molecule is COc1ccc(C2=NC(c3ccc(OC)cc3)=N[S+]([O-])(Cl)=N2)cc1. The van der Waals surface area contributed by atoms with Crippen molar-refractivity contribution in [1.29, 1.82) is 0 Å². The maximum Gasteiger partial charge on any atom is 0.212 e. The van der Waals surface area contributed by atoms with Crippen molar-refractivity contribution in [2.24, 2.45) is 13.8 Å². The lowest BCUT2D eigenvalue weighted by molar-refractivity contribution is 0.414. The van der Waals surface area contributed by atoms with Gasteiger partial charge >= 0.3 is 0 Å². The lowest BCUT2D eigenvalue weighted by Gasteiger charge is -2.13. The molecule has 124 valence electrons. The van der Waals surface area contributed by atoms with Crippen LogP contribution in [0.3, 0.4) is 0 Å². The quantitative estimate of drug-likeness (QED) is 0.780. The summed E-state index contributed by atoms with van der Waals surface area (Å²) in [5, 5.41) is 0. The minimum Gasteiger partial charge on any atom is -0.591 e. The van der Waals surface area contributed by atoms with Crippen LogP contribution in [0.4, 0.5) is 0 Å². The number of ether oxygens (including phenoxy) is 2. The Morgan fingerprint density at radius 2 is 1.29 bits per heavy atom. The first-order valence-corrected chi connectivity index (χ1v) is 9.25. The fourth-order valence-electron chi connectivity index (χ4n) is 2.09. The molecule has 1 unspecified atom stereocenters. The van der Waals surface area contributed by atoms with Crippen LogP contribution in [0.15, 0.2) is 62.3 Å². The van der Waals surface area contributed by atoms with E-state index < -0.39 is 9.50 Å². The van der Waals surface area contributed by atoms with E-state index in [1.807, 2.05) is 0 Å². The summed E-state index contributed by atoms with van der Waals surface area (Å²) in [7, 11) is 5.82. The molecule has 3 rings (SSSR count). The number of rotatable bonds is 4. The second kappa shape index (κ2) is 6.72. The van der Waals surface area contributed by atoms with Crippen LogP contribution >= 0.6 is 10.7 Å². The lowest BCUT2D eigenvalue weighted by atomic mass is 10.2. The summed E-state index contributed by atoms with van der Waals surface area (Å²) < 4.78 is 30.4. The van der Waals surface area contributed by atoms with Gasteiger partial charge in [-0.1, -0.05) is 0 Å². The van der Waals surface area contributed by atoms with Crippen LogP contribution in [0.25, 0.3) is 0 Å². The average Bonchev–Trinajstić information content (AvgIpc) is 2.60. The molecule has 0 bridgehead atoms. The maximum absolute atomic E-state index is 12.3. The molecular formula is C16H14ClN3O3S. The number of halogens is 1. The first-order chi connectivity index (χ1) is 11.5. The van der Waals surface area contributed by atoms with Crippen LogP contribution in [0.5, 0.6) is 11.5 Å². The van der Waals surface area contributed by atoms with E-state index in [9.17, 15) is 4.55 Å². The van der Waals surface area contributed by atoms with Gasteiger partial charge in [0.2, 0.25) is 11.7 Å². The number of amidine groups is 2. The van der Waals surface area contributed by atoms with Crippen molar-refractivity contribution >= 4 is 31.9 Å². The molecule has 2 aromatic carbocycles. The number of aliphatic imine (C=N–C) groups is 1. The van der Waals surface area contributed by atoms with E-state index >= 15 is 0 Å². The largest absolute Gasteiger partial charge is 0.591 e. The fourth-order valence-corrected chi connectivity index (χ4v) is 3.24. The molecule has 8 heteroatoms. The molecule has 0 N–H and O–H groups in total. The van der Waals surface area contributed by atoms with Gasteiger partial charge in [-0.2, -0.15) is 4.99 Å². The molecule has 24 heavy (non-hydrogen) atoms. The zero-order valence-electron chi connectivity index (χ0n) is 13.0. The van der Waals surface area contributed by atoms with E-state index in [0.717, 1.165) is 0 Å². The van der Waals surface area contributed by atoms with Crippen LogP contribution in [0.1, 0.15) is 11.1 Å². The van der Waals surface area contributed by atoms with Gasteiger partial charge in [-0.25, -0.2) is 0 Å². The summed E-state index contributed by atoms with van der Waals surface area (Å²) in [5.41, 5.74) is 1.34. The summed E-state index contributed by atoms with van der Waals surface area (Å²) >= 11 is 0. The van der Waals surface area contributed by atoms with Crippen molar-refractivity contribution in [2.75, 3.05) is 14.2 Å². The van der Waals surface area contributed by atoms with Gasteiger partial charge < -0.3 is 14.0 Å². The van der Waals surface area contributed by atoms with E-state index in [-0.39, 0.29) is 11.7 Å². The predicted molar refractivity (Wildman–Crippen MR) is 95.5 cm³/mol. The van der Waals surface area contributed by atoms with Gasteiger partial charge in [-0.05, 0) is 57.3 Å². The van der Waals surface area contributed by atoms with Crippen LogP contribution in [-0.2, 0) is 9.50 Å². The van der Waals surface area contributed by atoms with Crippen molar-refractivity contribution in [3.63, 3.8) is 0 Å². The lowest BCUT2D eigenvalue weighted by Crippen LogP contribution is -2.15. The third-order valence-electron chi connectivity index (χ3n) is 3.31. The standard InChI is InChI=1S/C16H14ClN3O3S/c1-22-13-7-3-11(4-8-13)15-18-16(20-24(17,21)19-15)12-5-9-14(23-2)10-6-12/h3-10H,1-2H3. The first-order valence-electron chi connectivity index (χ1n) is 6.95. The van der Waals surface area contributed by atoms with Gasteiger partial charge in [0, 0.05) is 11.1 Å². The summed E-state index contributed by atoms with van der Waals surface area (Å²) in [6.07, 6.45) is 0. The maximum atomic E-state index is 12.3. The zero-order valence-corrected chi connectivity index (χ0v) is 14.5. The number of methoxy groups -OCH3 is 2. The number of hydrogen-bond acceptors (Lipinski definition) is 6. The highest BCUT2D eigenvalue weighted by molar-refractivity contribution is 8.20. The molecule has 0 saturated heterocycles. The van der Waals surface area contributed by atoms with Crippen molar-refractivity contribution in [2.45, 2.75) is 0 Å². The molecule has 0 saturated carbocycles. The molecule has 0 aliphatic carbocycles. The predicted octanol–water partition coefficient (Wildman–Crippen LogP) is 3.45. The molecule has 0 spiro atoms. The first kappa shape index (κ1) is 16.6. The molecule has 1 aliphatic heterocycles. The van der Waals surface area contributed by atoms with E-state index in [0.29, 0.717) is 22.6 Å². The smallest absolute Gasteiger partial charge is 0.212 e. The van der Waals surface area contributed by atoms with Gasteiger partial charge in [-0.15, -0.1) is 0 Å². The van der Waals surface area contributed by atoms with Crippen LogP contribution in [0, 0.1) is 0 Å². The summed E-state index contributed by atoms with van der Waals surface area (Å²) in [4.78, 5) is 4.38. The summed E-state index contributed by atoms with van der Waals surface area (Å²) in [6, 6.07) is 14.1. The Labute approximate surface area is 145 Å². The highest BCUT2D eigenvalue weighted by Crippen LogP contribution is 2.24. The minimum atomic E-state index is -3.27. The Morgan fingerprint density at radius 1 is 0.833 bits per heavy atom. The molecule has 1 aliphatic rings. The van der Waals surface area contributed by atoms with Crippen molar-refractivity contribution in [1.82, 2.24) is 0 Å². The van der Waals surface area contributed by atoms with Crippen LogP contribution in [-0.4, -0.2) is 30.4 Å². The van der Waals surface area contributed by atoms with Gasteiger partial charge in [-0.3, -0.25) is 0 Å². The zero-order chi connectivity index (χ0) is 17.2. The van der Waals surface area contributed by atoms with Crippen LogP contribution in [0.2, 0.25) is 0 Å². The number of nitrogens with zero attached hydrogens (tertiary/aromatic N) is 3. The van der Waals surface area contributed by atoms with Gasteiger partial charge in [0.15, 0.2) is 20.2 Å². The van der Waals surface area contributed by atoms with E-state index in [1.54, 1.807) is 62.8 Å². The normalized spacial score (nSPS) is 19.8. The second-order valence-electron chi connectivity index (χ2n) is 4.83. The molecule has 0 amide bonds. The molecule has 0 aromatic heterocycles. The Hall–Kier alpha value is -2.22. The highest BCUT2D eigenvalue weighted by Gasteiger charge is 2.22. The molecule has 2 aromatic rings. The summed E-state index contributed by atoms with van der Waals surface area (Å²) in [6.45, 7) is 0. The topological polar surface area (TPSA) is 78.6 Å². The van der Waals surface area contributed by atoms with Gasteiger partial charge in [0.05, 0.1) is 14.2 Å². The molecular weight excluding hydrogens is 350 g/mol. The summed E-state index contributed by atoms with van der Waals surface area (Å²) in [5.74, 6) is 1.92. The van der Waals surface area contributed by atoms with E-state index in [4.69, 9.17) is 20.2 Å². The molecule has 1 atom stereocenters. The van der Waals surface area contributed by atoms with Crippen LogP contribution < -0.4 is 9.47 Å². The second-order valence-corrected chi connectivity index (χ2v) is 7.26. The Balaban J connectivity index is 2.01. The Kier molecular flexibility index (Phi) is 4.66. The molecule has 6 nitrogen and oxygen atoms in total. The molecule has 0 radical (unpaired) electrons. The fraction of sp³-hybridized carbons (Fsp3) is 0.125. The minimum absolute atomic E-state index is 0.262. The van der Waals surface area contributed by atoms with Crippen molar-refractivity contribution in [3.8, 4) is 11.5 Å². The molecule has 1 heterocycles. The van der Waals surface area contributed by atoms with E-state index in [1.165, 1.54) is 0 Å². The number of benzene rings is 2. The van der Waals surface area contributed by atoms with E-state index in [2.05, 4.69) is 13.8 Å². The Bertz CT molecular complexity index is 807. The van der Waals surface area contributed by atoms with Gasteiger partial charge in [0.25, 0.3) is 0 Å². The number of hydrogen-bond donors (Lipinski definition) is 0. The Morgan fingerprint density at radius 3 is 1.75 bits per heavy atom. The van der Waals surface area contributed by atoms with Crippen molar-refractivity contribution < 1.29 is 14.0 Å². The molecule has 0 fully saturated rings. The van der Waals surface area contributed by atoms with Gasteiger partial charge in [0.1, 0.15) is 11.5 Å². The third kappa shape index (κ3) is 3.64. The monoisotopic (exact) mass is 363 g/mol.